The number of nitrogens with zero attached hydrogens (tertiary/aromatic N) is 1. The van der Waals surface area contributed by atoms with Gasteiger partial charge in [0.05, 0.1) is 5.52 Å². The zero-order valence-corrected chi connectivity index (χ0v) is 8.38. The lowest BCUT2D eigenvalue weighted by atomic mass is 10.2. The molecule has 1 aromatic carbocycles. The van der Waals surface area contributed by atoms with E-state index in [1.54, 1.807) is 0 Å². The monoisotopic (exact) mass is 231 g/mol. The van der Waals surface area contributed by atoms with Crippen molar-refractivity contribution in [3.63, 3.8) is 0 Å². The average Bonchev–Trinajstić information content (AvgIpc) is 2.18. The van der Waals surface area contributed by atoms with Crippen LogP contribution in [0.15, 0.2) is 36.4 Å². The molecular weight excluding hydrogens is 226 g/mol. The number of halogens is 1. The van der Waals surface area contributed by atoms with Gasteiger partial charge in [-0.1, -0.05) is 24.3 Å². The van der Waals surface area contributed by atoms with E-state index in [9.17, 15) is 0 Å². The Bertz CT molecular complexity index is 494. The lowest BCUT2D eigenvalue weighted by molar-refractivity contribution is 1.36. The van der Waals surface area contributed by atoms with Gasteiger partial charge in [0.2, 0.25) is 0 Å². The van der Waals surface area contributed by atoms with Crippen LogP contribution in [0.5, 0.6) is 0 Å². The molecule has 0 N–H and O–H groups in total. The Morgan fingerprint density at radius 1 is 1.08 bits per heavy atom. The van der Waals surface area contributed by atoms with Crippen molar-refractivity contribution in [3.8, 4) is 10.8 Å². The summed E-state index contributed by atoms with van der Waals surface area (Å²) in [5, 5.41) is 1.14. The first-order valence-electron chi connectivity index (χ1n) is 3.87. The Kier molecular flexibility index (Phi) is 2.29. The minimum absolute atomic E-state index is 0.788. The first-order valence-corrected chi connectivity index (χ1v) is 4.67. The maximum atomic E-state index is 4.36. The highest BCUT2D eigenvalue weighted by molar-refractivity contribution is 9.12. The van der Waals surface area contributed by atoms with Crippen LogP contribution in [-0.2, 0) is 0 Å². The molecule has 0 aliphatic rings. The highest BCUT2D eigenvalue weighted by Crippen LogP contribution is 2.10. The third-order valence-electron chi connectivity index (χ3n) is 1.77. The Hall–Kier alpha value is -1.33. The van der Waals surface area contributed by atoms with Crippen LogP contribution in [0.25, 0.3) is 10.9 Å². The number of hydrogen-bond donors (Lipinski definition) is 0. The van der Waals surface area contributed by atoms with E-state index in [-0.39, 0.29) is 0 Å². The highest BCUT2D eigenvalue weighted by atomic mass is 79.9. The van der Waals surface area contributed by atoms with Gasteiger partial charge in [-0.2, -0.15) is 0 Å². The number of rotatable bonds is 0. The predicted octanol–water partition coefficient (Wildman–Crippen LogP) is 2.94. The topological polar surface area (TPSA) is 12.9 Å². The van der Waals surface area contributed by atoms with Gasteiger partial charge in [0.1, 0.15) is 5.69 Å². The van der Waals surface area contributed by atoms with Crippen LogP contribution < -0.4 is 0 Å². The SMILES string of the molecule is BrC#Cc1ccc2ccccc2n1. The van der Waals surface area contributed by atoms with Crippen LogP contribution in [0.4, 0.5) is 0 Å². The van der Waals surface area contributed by atoms with E-state index in [0.717, 1.165) is 16.6 Å². The number of hydrogen-bond acceptors (Lipinski definition) is 1. The van der Waals surface area contributed by atoms with E-state index in [1.165, 1.54) is 0 Å². The fraction of sp³-hybridized carbons (Fsp3) is 0. The summed E-state index contributed by atoms with van der Waals surface area (Å²) in [6.45, 7) is 0. The molecule has 0 saturated heterocycles. The zero-order chi connectivity index (χ0) is 9.10. The van der Waals surface area contributed by atoms with Crippen LogP contribution in [0, 0.1) is 10.8 Å². The van der Waals surface area contributed by atoms with Crippen LogP contribution in [0.1, 0.15) is 5.69 Å². The quantitative estimate of drug-likeness (QED) is 0.636. The van der Waals surface area contributed by atoms with Crippen molar-refractivity contribution in [2.24, 2.45) is 0 Å². The van der Waals surface area contributed by atoms with Crippen molar-refractivity contribution in [2.75, 3.05) is 0 Å². The largest absolute Gasteiger partial charge is 0.239 e. The third kappa shape index (κ3) is 1.71. The summed E-state index contributed by atoms with van der Waals surface area (Å²) in [4.78, 5) is 7.01. The summed E-state index contributed by atoms with van der Waals surface area (Å²) >= 11 is 3.05. The standard InChI is InChI=1S/C11H6BrN/c12-8-7-10-6-5-9-3-1-2-4-11(9)13-10/h1-6H. The van der Waals surface area contributed by atoms with E-state index in [0.29, 0.717) is 0 Å². The lowest BCUT2D eigenvalue weighted by Gasteiger charge is -1.95. The Labute approximate surface area is 84.9 Å². The lowest BCUT2D eigenvalue weighted by Crippen LogP contribution is -1.82. The summed E-state index contributed by atoms with van der Waals surface area (Å²) in [5.74, 6) is 2.86. The molecule has 0 fully saturated rings. The highest BCUT2D eigenvalue weighted by Gasteiger charge is 1.93. The number of aromatic nitrogens is 1. The maximum Gasteiger partial charge on any atom is 0.114 e. The minimum atomic E-state index is 0.788. The van der Waals surface area contributed by atoms with Gasteiger partial charge in [0, 0.05) is 21.3 Å². The molecule has 13 heavy (non-hydrogen) atoms. The summed E-state index contributed by atoms with van der Waals surface area (Å²) < 4.78 is 0. The van der Waals surface area contributed by atoms with Crippen LogP contribution in [-0.4, -0.2) is 4.98 Å². The molecule has 2 heteroatoms. The van der Waals surface area contributed by atoms with E-state index in [4.69, 9.17) is 0 Å². The predicted molar refractivity (Wildman–Crippen MR) is 57.5 cm³/mol. The summed E-state index contributed by atoms with van der Waals surface area (Å²) in [7, 11) is 0. The first kappa shape index (κ1) is 8.28. The van der Waals surface area contributed by atoms with Crippen molar-refractivity contribution >= 4 is 26.8 Å². The molecule has 0 aliphatic carbocycles. The molecule has 0 bridgehead atoms. The molecule has 0 aliphatic heterocycles. The van der Waals surface area contributed by atoms with E-state index >= 15 is 0 Å². The second-order valence-corrected chi connectivity index (χ2v) is 3.01. The molecule has 1 heterocycles. The van der Waals surface area contributed by atoms with Gasteiger partial charge in [0.15, 0.2) is 0 Å². The number of fused-ring (bicyclic) bond motifs is 1. The van der Waals surface area contributed by atoms with Crippen molar-refractivity contribution < 1.29 is 0 Å². The minimum Gasteiger partial charge on any atom is -0.239 e. The zero-order valence-electron chi connectivity index (χ0n) is 6.79. The van der Waals surface area contributed by atoms with Gasteiger partial charge >= 0.3 is 0 Å². The van der Waals surface area contributed by atoms with E-state index < -0.39 is 0 Å². The number of para-hydroxylation sites is 1. The number of pyridine rings is 1. The molecule has 0 spiro atoms. The Balaban J connectivity index is 2.66. The molecule has 0 saturated carbocycles. The van der Waals surface area contributed by atoms with Gasteiger partial charge in [-0.25, -0.2) is 4.98 Å². The van der Waals surface area contributed by atoms with Gasteiger partial charge in [-0.15, -0.1) is 0 Å². The molecule has 62 valence electrons. The first-order chi connectivity index (χ1) is 6.40. The molecule has 0 unspecified atom stereocenters. The average molecular weight is 232 g/mol. The second kappa shape index (κ2) is 3.59. The molecule has 0 radical (unpaired) electrons. The van der Waals surface area contributed by atoms with Crippen molar-refractivity contribution in [1.82, 2.24) is 4.98 Å². The number of benzene rings is 1. The molecule has 1 nitrogen and oxygen atoms in total. The van der Waals surface area contributed by atoms with Gasteiger partial charge < -0.3 is 0 Å². The van der Waals surface area contributed by atoms with Gasteiger partial charge in [-0.3, -0.25) is 0 Å². The normalized spacial score (nSPS) is 9.31. The fourth-order valence-corrected chi connectivity index (χ4v) is 1.39. The molecule has 0 amide bonds. The van der Waals surface area contributed by atoms with Gasteiger partial charge in [0.25, 0.3) is 0 Å². The Morgan fingerprint density at radius 3 is 2.77 bits per heavy atom. The molecule has 2 rings (SSSR count). The van der Waals surface area contributed by atoms with E-state index in [1.807, 2.05) is 36.4 Å². The summed E-state index contributed by atoms with van der Waals surface area (Å²) in [6.07, 6.45) is 0. The van der Waals surface area contributed by atoms with Crippen LogP contribution in [0.2, 0.25) is 0 Å². The van der Waals surface area contributed by atoms with Crippen LogP contribution in [0.3, 0.4) is 0 Å². The van der Waals surface area contributed by atoms with Crippen molar-refractivity contribution in [1.29, 1.82) is 0 Å². The smallest absolute Gasteiger partial charge is 0.114 e. The molecular formula is C11H6BrN. The summed E-state index contributed by atoms with van der Waals surface area (Å²) in [6, 6.07) is 11.9. The van der Waals surface area contributed by atoms with Crippen LogP contribution >= 0.6 is 15.9 Å². The Morgan fingerprint density at radius 2 is 1.92 bits per heavy atom. The molecule has 1 aromatic heterocycles. The van der Waals surface area contributed by atoms with Crippen molar-refractivity contribution in [3.05, 3.63) is 42.1 Å². The third-order valence-corrected chi connectivity index (χ3v) is 1.97. The second-order valence-electron chi connectivity index (χ2n) is 2.61. The molecule has 0 atom stereocenters. The van der Waals surface area contributed by atoms with E-state index in [2.05, 4.69) is 31.7 Å². The van der Waals surface area contributed by atoms with Gasteiger partial charge in [-0.05, 0) is 22.9 Å². The fourth-order valence-electron chi connectivity index (χ4n) is 1.18. The molecule has 2 aromatic rings. The summed E-state index contributed by atoms with van der Waals surface area (Å²) in [5.41, 5.74) is 1.77. The maximum absolute atomic E-state index is 4.36. The van der Waals surface area contributed by atoms with Crippen molar-refractivity contribution in [2.45, 2.75) is 0 Å².